The van der Waals surface area contributed by atoms with E-state index in [1.807, 2.05) is 6.92 Å². The van der Waals surface area contributed by atoms with Gasteiger partial charge in [-0.1, -0.05) is 27.7 Å². The number of rotatable bonds is 8. The van der Waals surface area contributed by atoms with Gasteiger partial charge >= 0.3 is 0 Å². The van der Waals surface area contributed by atoms with Crippen molar-refractivity contribution in [2.75, 3.05) is 13.2 Å². The fourth-order valence-corrected chi connectivity index (χ4v) is 3.56. The van der Waals surface area contributed by atoms with Crippen molar-refractivity contribution in [2.24, 2.45) is 5.73 Å². The lowest BCUT2D eigenvalue weighted by Gasteiger charge is -2.30. The second-order valence-corrected chi connectivity index (χ2v) is 6.15. The second kappa shape index (κ2) is 6.82. The first-order chi connectivity index (χ1) is 9.01. The standard InChI is InChI=1S/C15H28N2OS/c1-6-14(5,11-16)12-10-19-13(17-12)15(7-2,8-3)18-9-4/h10H,6-9,11,16H2,1-5H3. The van der Waals surface area contributed by atoms with Gasteiger partial charge in [0.1, 0.15) is 10.6 Å². The molecule has 1 heterocycles. The van der Waals surface area contributed by atoms with Gasteiger partial charge in [-0.05, 0) is 26.2 Å². The maximum absolute atomic E-state index is 6.02. The van der Waals surface area contributed by atoms with E-state index >= 15 is 0 Å². The number of hydrogen-bond acceptors (Lipinski definition) is 4. The molecule has 1 aromatic rings. The first-order valence-corrected chi connectivity index (χ1v) is 8.20. The summed E-state index contributed by atoms with van der Waals surface area (Å²) in [5.74, 6) is 0. The van der Waals surface area contributed by atoms with Gasteiger partial charge in [0.15, 0.2) is 0 Å². The van der Waals surface area contributed by atoms with Crippen molar-refractivity contribution in [3.63, 3.8) is 0 Å². The molecule has 0 aliphatic rings. The fourth-order valence-electron chi connectivity index (χ4n) is 2.28. The smallest absolute Gasteiger partial charge is 0.125 e. The zero-order valence-electron chi connectivity index (χ0n) is 13.0. The Labute approximate surface area is 121 Å². The van der Waals surface area contributed by atoms with Gasteiger partial charge in [-0.25, -0.2) is 4.98 Å². The van der Waals surface area contributed by atoms with E-state index in [2.05, 4.69) is 33.1 Å². The van der Waals surface area contributed by atoms with Crippen LogP contribution in [0.25, 0.3) is 0 Å². The Balaban J connectivity index is 3.12. The SMILES string of the molecule is CCOC(CC)(CC)c1nc(C(C)(CC)CN)cs1. The molecule has 0 aliphatic heterocycles. The summed E-state index contributed by atoms with van der Waals surface area (Å²) in [6.45, 7) is 12.1. The van der Waals surface area contributed by atoms with Crippen LogP contribution in [-0.4, -0.2) is 18.1 Å². The molecule has 1 unspecified atom stereocenters. The van der Waals surface area contributed by atoms with Crippen molar-refractivity contribution in [2.45, 2.75) is 64.9 Å². The van der Waals surface area contributed by atoms with E-state index in [0.29, 0.717) is 6.54 Å². The Morgan fingerprint density at radius 3 is 2.26 bits per heavy atom. The molecule has 19 heavy (non-hydrogen) atoms. The molecule has 3 nitrogen and oxygen atoms in total. The number of aromatic nitrogens is 1. The average Bonchev–Trinajstić information content (AvgIpc) is 2.95. The highest BCUT2D eigenvalue weighted by atomic mass is 32.1. The Hall–Kier alpha value is -0.450. The van der Waals surface area contributed by atoms with Crippen LogP contribution in [0.4, 0.5) is 0 Å². The maximum Gasteiger partial charge on any atom is 0.125 e. The van der Waals surface area contributed by atoms with E-state index in [1.54, 1.807) is 11.3 Å². The molecule has 0 fully saturated rings. The van der Waals surface area contributed by atoms with Gasteiger partial charge in [0, 0.05) is 23.9 Å². The number of nitrogens with zero attached hydrogens (tertiary/aromatic N) is 1. The minimum Gasteiger partial charge on any atom is -0.368 e. The first-order valence-electron chi connectivity index (χ1n) is 7.32. The van der Waals surface area contributed by atoms with Gasteiger partial charge in [0.2, 0.25) is 0 Å². The van der Waals surface area contributed by atoms with Gasteiger partial charge in [-0.2, -0.15) is 0 Å². The molecule has 1 atom stereocenters. The number of thiazole rings is 1. The number of ether oxygens (including phenoxy) is 1. The Morgan fingerprint density at radius 2 is 1.84 bits per heavy atom. The number of hydrogen-bond donors (Lipinski definition) is 1. The molecular formula is C15H28N2OS. The Morgan fingerprint density at radius 1 is 1.21 bits per heavy atom. The average molecular weight is 284 g/mol. The summed E-state index contributed by atoms with van der Waals surface area (Å²) in [4.78, 5) is 4.87. The topological polar surface area (TPSA) is 48.1 Å². The van der Waals surface area contributed by atoms with Crippen molar-refractivity contribution in [1.29, 1.82) is 0 Å². The van der Waals surface area contributed by atoms with Crippen LogP contribution >= 0.6 is 11.3 Å². The lowest BCUT2D eigenvalue weighted by atomic mass is 9.85. The van der Waals surface area contributed by atoms with E-state index in [4.69, 9.17) is 15.5 Å². The zero-order valence-corrected chi connectivity index (χ0v) is 13.8. The van der Waals surface area contributed by atoms with Gasteiger partial charge in [-0.15, -0.1) is 11.3 Å². The molecule has 0 aliphatic carbocycles. The zero-order chi connectivity index (χ0) is 14.5. The van der Waals surface area contributed by atoms with Gasteiger partial charge in [-0.3, -0.25) is 0 Å². The van der Waals surface area contributed by atoms with E-state index < -0.39 is 0 Å². The Bertz CT molecular complexity index is 381. The highest BCUT2D eigenvalue weighted by molar-refractivity contribution is 7.09. The molecule has 0 spiro atoms. The van der Waals surface area contributed by atoms with Gasteiger partial charge < -0.3 is 10.5 Å². The molecule has 0 aromatic carbocycles. The quantitative estimate of drug-likeness (QED) is 0.789. The monoisotopic (exact) mass is 284 g/mol. The summed E-state index contributed by atoms with van der Waals surface area (Å²) in [5, 5.41) is 3.26. The third-order valence-corrected chi connectivity index (χ3v) is 5.33. The molecule has 0 radical (unpaired) electrons. The van der Waals surface area contributed by atoms with Crippen LogP contribution in [0, 0.1) is 0 Å². The molecule has 0 saturated heterocycles. The summed E-state index contributed by atoms with van der Waals surface area (Å²) in [7, 11) is 0. The predicted molar refractivity (Wildman–Crippen MR) is 82.7 cm³/mol. The molecule has 0 bridgehead atoms. The predicted octanol–water partition coefficient (Wildman–Crippen LogP) is 3.82. The second-order valence-electron chi connectivity index (χ2n) is 5.29. The highest BCUT2D eigenvalue weighted by Crippen LogP contribution is 2.37. The van der Waals surface area contributed by atoms with Crippen molar-refractivity contribution < 1.29 is 4.74 Å². The van der Waals surface area contributed by atoms with Crippen LogP contribution in [0.1, 0.15) is 64.6 Å². The lowest BCUT2D eigenvalue weighted by molar-refractivity contribution is -0.0508. The van der Waals surface area contributed by atoms with E-state index in [1.165, 1.54) is 0 Å². The maximum atomic E-state index is 6.02. The summed E-state index contributed by atoms with van der Waals surface area (Å²) in [5.41, 5.74) is 6.80. The van der Waals surface area contributed by atoms with Crippen LogP contribution in [0.5, 0.6) is 0 Å². The van der Waals surface area contributed by atoms with Crippen LogP contribution in [0.3, 0.4) is 0 Å². The van der Waals surface area contributed by atoms with E-state index in [-0.39, 0.29) is 11.0 Å². The van der Waals surface area contributed by atoms with Gasteiger partial charge in [0.05, 0.1) is 5.69 Å². The normalized spacial score (nSPS) is 15.5. The van der Waals surface area contributed by atoms with E-state index in [9.17, 15) is 0 Å². The summed E-state index contributed by atoms with van der Waals surface area (Å²) >= 11 is 1.71. The minimum atomic E-state index is -0.221. The minimum absolute atomic E-state index is 0.0197. The molecule has 1 rings (SSSR count). The Kier molecular flexibility index (Phi) is 5.96. The van der Waals surface area contributed by atoms with Crippen LogP contribution in [0.15, 0.2) is 5.38 Å². The third-order valence-electron chi connectivity index (χ3n) is 4.31. The summed E-state index contributed by atoms with van der Waals surface area (Å²) < 4.78 is 6.02. The first kappa shape index (κ1) is 16.6. The van der Waals surface area contributed by atoms with Crippen molar-refractivity contribution in [3.8, 4) is 0 Å². The highest BCUT2D eigenvalue weighted by Gasteiger charge is 2.34. The molecule has 2 N–H and O–H groups in total. The van der Waals surface area contributed by atoms with Crippen LogP contribution < -0.4 is 5.73 Å². The van der Waals surface area contributed by atoms with E-state index in [0.717, 1.165) is 36.6 Å². The fraction of sp³-hybridized carbons (Fsp3) is 0.800. The molecule has 0 amide bonds. The third kappa shape index (κ3) is 3.18. The molecule has 110 valence electrons. The van der Waals surface area contributed by atoms with Crippen LogP contribution in [-0.2, 0) is 15.8 Å². The molecule has 1 aromatic heterocycles. The lowest BCUT2D eigenvalue weighted by Crippen LogP contribution is -2.32. The van der Waals surface area contributed by atoms with Crippen molar-refractivity contribution in [3.05, 3.63) is 16.1 Å². The summed E-state index contributed by atoms with van der Waals surface area (Å²) in [6.07, 6.45) is 2.91. The van der Waals surface area contributed by atoms with Crippen molar-refractivity contribution in [1.82, 2.24) is 4.98 Å². The van der Waals surface area contributed by atoms with Crippen molar-refractivity contribution >= 4 is 11.3 Å². The molecule has 0 saturated carbocycles. The number of nitrogens with two attached hydrogens (primary N) is 1. The van der Waals surface area contributed by atoms with Gasteiger partial charge in [0.25, 0.3) is 0 Å². The summed E-state index contributed by atoms with van der Waals surface area (Å²) in [6, 6.07) is 0. The molecule has 4 heteroatoms. The molecular weight excluding hydrogens is 256 g/mol. The van der Waals surface area contributed by atoms with Crippen LogP contribution in [0.2, 0.25) is 0 Å². The largest absolute Gasteiger partial charge is 0.368 e.